The summed E-state index contributed by atoms with van der Waals surface area (Å²) in [7, 11) is 3.91. The molecule has 184 valence electrons. The van der Waals surface area contributed by atoms with E-state index in [2.05, 4.69) is 19.1 Å². The molecule has 0 aliphatic heterocycles. The van der Waals surface area contributed by atoms with E-state index in [1.165, 1.54) is 96.3 Å². The first-order valence-corrected chi connectivity index (χ1v) is 13.6. The van der Waals surface area contributed by atoms with E-state index in [9.17, 15) is 4.79 Å². The average molecular weight is 438 g/mol. The molecule has 0 fully saturated rings. The van der Waals surface area contributed by atoms with Crippen LogP contribution in [0.2, 0.25) is 0 Å². The second-order valence-electron chi connectivity index (χ2n) is 9.37. The monoisotopic (exact) mass is 437 g/mol. The summed E-state index contributed by atoms with van der Waals surface area (Å²) in [6.07, 6.45) is 30.1. The lowest BCUT2D eigenvalue weighted by molar-refractivity contribution is -0.148. The van der Waals surface area contributed by atoms with Crippen molar-refractivity contribution in [2.24, 2.45) is 0 Å². The van der Waals surface area contributed by atoms with E-state index in [0.717, 1.165) is 25.7 Å². The van der Waals surface area contributed by atoms with Crippen molar-refractivity contribution in [2.75, 3.05) is 20.7 Å². The van der Waals surface area contributed by atoms with Crippen molar-refractivity contribution in [1.29, 1.82) is 0 Å². The molecule has 0 saturated heterocycles. The van der Waals surface area contributed by atoms with Crippen molar-refractivity contribution in [2.45, 2.75) is 142 Å². The van der Waals surface area contributed by atoms with Crippen molar-refractivity contribution in [3.63, 3.8) is 0 Å². The molecule has 0 aromatic rings. The van der Waals surface area contributed by atoms with Gasteiger partial charge in [-0.2, -0.15) is 0 Å². The third-order valence-electron chi connectivity index (χ3n) is 6.17. The fourth-order valence-corrected chi connectivity index (χ4v) is 4.12. The SMILES string of the molecule is CCCCCCCCCCCCCCCC/C=C/CCCCC(C(=O)OCC)N(C)C. The van der Waals surface area contributed by atoms with Gasteiger partial charge < -0.3 is 4.74 Å². The Hall–Kier alpha value is -0.830. The quantitative estimate of drug-likeness (QED) is 0.0911. The van der Waals surface area contributed by atoms with Crippen LogP contribution in [-0.2, 0) is 9.53 Å². The fourth-order valence-electron chi connectivity index (χ4n) is 4.12. The largest absolute Gasteiger partial charge is 0.465 e. The third-order valence-corrected chi connectivity index (χ3v) is 6.17. The molecule has 3 nitrogen and oxygen atoms in total. The van der Waals surface area contributed by atoms with Crippen LogP contribution in [0.1, 0.15) is 136 Å². The van der Waals surface area contributed by atoms with E-state index < -0.39 is 0 Å². The van der Waals surface area contributed by atoms with Crippen LogP contribution in [-0.4, -0.2) is 37.6 Å². The average Bonchev–Trinajstić information content (AvgIpc) is 2.74. The molecular formula is C28H55NO2. The Morgan fingerprint density at radius 1 is 0.677 bits per heavy atom. The zero-order valence-corrected chi connectivity index (χ0v) is 21.6. The number of unbranched alkanes of at least 4 members (excludes halogenated alkanes) is 16. The van der Waals surface area contributed by atoms with Gasteiger partial charge in [0.25, 0.3) is 0 Å². The highest BCUT2D eigenvalue weighted by Crippen LogP contribution is 2.14. The lowest BCUT2D eigenvalue weighted by Crippen LogP contribution is -2.37. The smallest absolute Gasteiger partial charge is 0.323 e. The van der Waals surface area contributed by atoms with Crippen molar-refractivity contribution < 1.29 is 9.53 Å². The second kappa shape index (κ2) is 23.8. The van der Waals surface area contributed by atoms with E-state index >= 15 is 0 Å². The molecule has 0 amide bonds. The molecule has 0 saturated carbocycles. The van der Waals surface area contributed by atoms with E-state index in [-0.39, 0.29) is 12.0 Å². The number of likely N-dealkylation sites (N-methyl/N-ethyl adjacent to an activating group) is 1. The molecule has 31 heavy (non-hydrogen) atoms. The lowest BCUT2D eigenvalue weighted by Gasteiger charge is -2.22. The summed E-state index contributed by atoms with van der Waals surface area (Å²) in [4.78, 5) is 13.9. The van der Waals surface area contributed by atoms with Crippen LogP contribution in [0.15, 0.2) is 12.2 Å². The zero-order valence-electron chi connectivity index (χ0n) is 21.6. The molecule has 1 unspecified atom stereocenters. The van der Waals surface area contributed by atoms with Gasteiger partial charge in [0.05, 0.1) is 6.61 Å². The molecular weight excluding hydrogens is 382 g/mol. The van der Waals surface area contributed by atoms with Crippen LogP contribution in [0, 0.1) is 0 Å². The minimum absolute atomic E-state index is 0.0825. The van der Waals surface area contributed by atoms with Gasteiger partial charge in [0, 0.05) is 0 Å². The van der Waals surface area contributed by atoms with Crippen molar-refractivity contribution in [3.05, 3.63) is 12.2 Å². The van der Waals surface area contributed by atoms with Gasteiger partial charge in [0.15, 0.2) is 0 Å². The number of carbonyl (C=O) groups is 1. The van der Waals surface area contributed by atoms with Crippen LogP contribution < -0.4 is 0 Å². The number of nitrogens with zero attached hydrogens (tertiary/aromatic N) is 1. The Labute approximate surface area is 195 Å². The maximum atomic E-state index is 11.9. The van der Waals surface area contributed by atoms with Crippen LogP contribution in [0.5, 0.6) is 0 Å². The molecule has 0 aromatic heterocycles. The Bertz CT molecular complexity index is 406. The standard InChI is InChI=1S/C28H55NO2/c1-5-7-8-9-10-11-12-13-14-15-16-17-18-19-20-21-22-23-24-25-26-27(29(3)4)28(30)31-6-2/h21-22,27H,5-20,23-26H2,1-4H3/b22-21+. The summed E-state index contributed by atoms with van der Waals surface area (Å²) >= 11 is 0. The minimum atomic E-state index is -0.0977. The van der Waals surface area contributed by atoms with Crippen molar-refractivity contribution in [1.82, 2.24) is 4.90 Å². The predicted molar refractivity (Wildman–Crippen MR) is 137 cm³/mol. The topological polar surface area (TPSA) is 29.5 Å². The van der Waals surface area contributed by atoms with E-state index in [0.29, 0.717) is 6.61 Å². The third kappa shape index (κ3) is 20.8. The molecule has 0 radical (unpaired) electrons. The Morgan fingerprint density at radius 3 is 1.52 bits per heavy atom. The van der Waals surface area contributed by atoms with E-state index in [1.807, 2.05) is 25.9 Å². The highest BCUT2D eigenvalue weighted by molar-refractivity contribution is 5.75. The predicted octanol–water partition coefficient (Wildman–Crippen LogP) is 8.47. The Kier molecular flexibility index (Phi) is 23.2. The summed E-state index contributed by atoms with van der Waals surface area (Å²) < 4.78 is 5.17. The zero-order chi connectivity index (χ0) is 23.0. The molecule has 0 aliphatic carbocycles. The van der Waals surface area contributed by atoms with Gasteiger partial charge in [-0.15, -0.1) is 0 Å². The van der Waals surface area contributed by atoms with Crippen LogP contribution in [0.3, 0.4) is 0 Å². The number of allylic oxidation sites excluding steroid dienone is 2. The summed E-state index contributed by atoms with van der Waals surface area (Å²) in [6.45, 7) is 4.62. The molecule has 3 heteroatoms. The normalized spacial score (nSPS) is 12.7. The number of hydrogen-bond donors (Lipinski definition) is 0. The first-order valence-electron chi connectivity index (χ1n) is 13.6. The van der Waals surface area contributed by atoms with Crippen molar-refractivity contribution >= 4 is 5.97 Å². The number of rotatable bonds is 23. The highest BCUT2D eigenvalue weighted by atomic mass is 16.5. The van der Waals surface area contributed by atoms with Crippen molar-refractivity contribution in [3.8, 4) is 0 Å². The van der Waals surface area contributed by atoms with Gasteiger partial charge in [0.2, 0.25) is 0 Å². The van der Waals surface area contributed by atoms with E-state index in [4.69, 9.17) is 4.74 Å². The van der Waals surface area contributed by atoms with Gasteiger partial charge >= 0.3 is 5.97 Å². The molecule has 0 aliphatic rings. The molecule has 0 heterocycles. The number of ether oxygens (including phenoxy) is 1. The Morgan fingerprint density at radius 2 is 1.10 bits per heavy atom. The molecule has 0 spiro atoms. The summed E-state index contributed by atoms with van der Waals surface area (Å²) in [5.41, 5.74) is 0. The summed E-state index contributed by atoms with van der Waals surface area (Å²) in [6, 6.07) is -0.0977. The Balaban J connectivity index is 3.37. The van der Waals surface area contributed by atoms with Crippen LogP contribution >= 0.6 is 0 Å². The molecule has 0 rings (SSSR count). The minimum Gasteiger partial charge on any atom is -0.465 e. The maximum absolute atomic E-state index is 11.9. The summed E-state index contributed by atoms with van der Waals surface area (Å²) in [5, 5.41) is 0. The van der Waals surface area contributed by atoms with Crippen LogP contribution in [0.4, 0.5) is 0 Å². The number of esters is 1. The van der Waals surface area contributed by atoms with Gasteiger partial charge in [-0.3, -0.25) is 9.69 Å². The molecule has 0 bridgehead atoms. The number of carbonyl (C=O) groups excluding carboxylic acids is 1. The molecule has 1 atom stereocenters. The van der Waals surface area contributed by atoms with Gasteiger partial charge in [0.1, 0.15) is 6.04 Å². The van der Waals surface area contributed by atoms with E-state index in [1.54, 1.807) is 0 Å². The molecule has 0 aromatic carbocycles. The lowest BCUT2D eigenvalue weighted by atomic mass is 10.0. The fraction of sp³-hybridized carbons (Fsp3) is 0.893. The summed E-state index contributed by atoms with van der Waals surface area (Å²) in [5.74, 6) is -0.0825. The highest BCUT2D eigenvalue weighted by Gasteiger charge is 2.21. The second-order valence-corrected chi connectivity index (χ2v) is 9.37. The maximum Gasteiger partial charge on any atom is 0.323 e. The van der Waals surface area contributed by atoms with Crippen LogP contribution in [0.25, 0.3) is 0 Å². The van der Waals surface area contributed by atoms with Gasteiger partial charge in [-0.05, 0) is 53.1 Å². The molecule has 0 N–H and O–H groups in total. The van der Waals surface area contributed by atoms with Gasteiger partial charge in [-0.25, -0.2) is 0 Å². The first kappa shape index (κ1) is 30.2. The number of hydrogen-bond acceptors (Lipinski definition) is 3. The van der Waals surface area contributed by atoms with Gasteiger partial charge in [-0.1, -0.05) is 109 Å². The first-order chi connectivity index (χ1) is 15.1.